The Morgan fingerprint density at radius 1 is 1.14 bits per heavy atom. The maximum atomic E-state index is 13.3. The summed E-state index contributed by atoms with van der Waals surface area (Å²) in [7, 11) is 0. The standard InChI is InChI=1S/C26H37FN6O2/c1-17(26(2,3)4)33-24(34)23(28)22-20(32-16-18-10-12-19(27)13-11-18)8-7-9-21(22)35-15-6-5-14-31-25(29)30/h7-13,17,28,32H,5-6,14-16H2,1-4H3,(H,33,34)(H4,29,30,31). The lowest BCUT2D eigenvalue weighted by atomic mass is 9.88. The SMILES string of the molecule is CC(NC(=O)C(=N)c1c(NCc2ccc(F)cc2)cccc1OCCCCN=C(N)N)C(C)(C)C. The number of nitrogens with one attached hydrogen (secondary N) is 3. The molecule has 0 fully saturated rings. The normalized spacial score (nSPS) is 11.9. The van der Waals surface area contributed by atoms with E-state index in [0.717, 1.165) is 12.0 Å². The zero-order valence-electron chi connectivity index (χ0n) is 21.0. The van der Waals surface area contributed by atoms with Crippen molar-refractivity contribution in [3.63, 3.8) is 0 Å². The molecule has 1 unspecified atom stereocenters. The molecule has 0 aromatic heterocycles. The van der Waals surface area contributed by atoms with E-state index in [4.69, 9.17) is 21.6 Å². The molecule has 0 aliphatic heterocycles. The van der Waals surface area contributed by atoms with Crippen LogP contribution in [-0.4, -0.2) is 36.8 Å². The third-order valence-electron chi connectivity index (χ3n) is 5.65. The number of nitrogens with two attached hydrogens (primary N) is 2. The number of benzene rings is 2. The molecular formula is C26H37FN6O2. The molecule has 0 spiro atoms. The summed E-state index contributed by atoms with van der Waals surface area (Å²) in [6.45, 7) is 9.26. The molecule has 2 aromatic carbocycles. The lowest BCUT2D eigenvalue weighted by molar-refractivity contribution is -0.116. The Bertz CT molecular complexity index is 1030. The average Bonchev–Trinajstić information content (AvgIpc) is 2.79. The minimum atomic E-state index is -0.485. The van der Waals surface area contributed by atoms with Crippen molar-refractivity contribution >= 4 is 23.3 Å². The number of aliphatic imine (C=N–C) groups is 1. The number of anilines is 1. The maximum Gasteiger partial charge on any atom is 0.270 e. The molecule has 7 N–H and O–H groups in total. The topological polar surface area (TPSA) is 139 Å². The van der Waals surface area contributed by atoms with Crippen molar-refractivity contribution in [3.05, 3.63) is 59.4 Å². The number of hydrogen-bond acceptors (Lipinski definition) is 5. The first-order valence-electron chi connectivity index (χ1n) is 11.7. The molecule has 0 bridgehead atoms. The number of guanidine groups is 1. The molecule has 0 heterocycles. The van der Waals surface area contributed by atoms with Gasteiger partial charge in [-0.25, -0.2) is 4.39 Å². The molecule has 0 radical (unpaired) electrons. The molecular weight excluding hydrogens is 447 g/mol. The van der Waals surface area contributed by atoms with Gasteiger partial charge in [-0.1, -0.05) is 39.0 Å². The van der Waals surface area contributed by atoms with Gasteiger partial charge in [0, 0.05) is 24.8 Å². The van der Waals surface area contributed by atoms with Gasteiger partial charge in [-0.05, 0) is 55.0 Å². The van der Waals surface area contributed by atoms with Crippen LogP contribution < -0.4 is 26.8 Å². The van der Waals surface area contributed by atoms with Crippen molar-refractivity contribution in [1.82, 2.24) is 5.32 Å². The Kier molecular flexibility index (Phi) is 10.1. The summed E-state index contributed by atoms with van der Waals surface area (Å²) in [4.78, 5) is 17.0. The lowest BCUT2D eigenvalue weighted by Crippen LogP contribution is -2.44. The number of carbonyl (C=O) groups is 1. The van der Waals surface area contributed by atoms with Crippen LogP contribution in [0.25, 0.3) is 0 Å². The summed E-state index contributed by atoms with van der Waals surface area (Å²) in [5.41, 5.74) is 12.1. The van der Waals surface area contributed by atoms with E-state index in [1.54, 1.807) is 30.3 Å². The number of nitrogens with zero attached hydrogens (tertiary/aromatic N) is 1. The minimum Gasteiger partial charge on any atom is -0.493 e. The Labute approximate surface area is 206 Å². The number of hydrogen-bond donors (Lipinski definition) is 5. The molecule has 8 nitrogen and oxygen atoms in total. The molecule has 190 valence electrons. The Hall–Kier alpha value is -3.62. The highest BCUT2D eigenvalue weighted by Gasteiger charge is 2.26. The summed E-state index contributed by atoms with van der Waals surface area (Å²) >= 11 is 0. The number of halogens is 1. The zero-order chi connectivity index (χ0) is 26.0. The van der Waals surface area contributed by atoms with Crippen LogP contribution in [0.3, 0.4) is 0 Å². The van der Waals surface area contributed by atoms with Crippen LogP contribution in [0.1, 0.15) is 51.7 Å². The van der Waals surface area contributed by atoms with E-state index in [-0.39, 0.29) is 28.9 Å². The van der Waals surface area contributed by atoms with Crippen molar-refractivity contribution in [1.29, 1.82) is 5.41 Å². The summed E-state index contributed by atoms with van der Waals surface area (Å²) < 4.78 is 19.2. The molecule has 1 amide bonds. The van der Waals surface area contributed by atoms with Crippen molar-refractivity contribution in [2.75, 3.05) is 18.5 Å². The molecule has 35 heavy (non-hydrogen) atoms. The summed E-state index contributed by atoms with van der Waals surface area (Å²) in [5.74, 6) is -0.311. The van der Waals surface area contributed by atoms with Crippen LogP contribution >= 0.6 is 0 Å². The van der Waals surface area contributed by atoms with Gasteiger partial charge in [0.25, 0.3) is 5.91 Å². The fourth-order valence-electron chi connectivity index (χ4n) is 3.06. The first-order valence-corrected chi connectivity index (χ1v) is 11.7. The molecule has 0 saturated heterocycles. The number of unbranched alkanes of at least 4 members (excludes halogenated alkanes) is 1. The largest absolute Gasteiger partial charge is 0.493 e. The van der Waals surface area contributed by atoms with Gasteiger partial charge in [0.05, 0.1) is 12.2 Å². The van der Waals surface area contributed by atoms with E-state index in [0.29, 0.717) is 43.1 Å². The van der Waals surface area contributed by atoms with Crippen LogP contribution in [0.5, 0.6) is 5.75 Å². The van der Waals surface area contributed by atoms with E-state index in [2.05, 4.69) is 15.6 Å². The van der Waals surface area contributed by atoms with Crippen LogP contribution in [0.4, 0.5) is 10.1 Å². The number of ether oxygens (including phenoxy) is 1. The van der Waals surface area contributed by atoms with Gasteiger partial charge < -0.3 is 26.8 Å². The predicted molar refractivity (Wildman–Crippen MR) is 139 cm³/mol. The minimum absolute atomic E-state index is 0.0529. The van der Waals surface area contributed by atoms with Crippen molar-refractivity contribution < 1.29 is 13.9 Å². The van der Waals surface area contributed by atoms with E-state index in [1.165, 1.54) is 12.1 Å². The highest BCUT2D eigenvalue weighted by Crippen LogP contribution is 2.29. The first-order chi connectivity index (χ1) is 16.5. The number of amides is 1. The van der Waals surface area contributed by atoms with Gasteiger partial charge in [-0.2, -0.15) is 0 Å². The molecule has 0 saturated carbocycles. The van der Waals surface area contributed by atoms with Crippen molar-refractivity contribution in [2.24, 2.45) is 21.9 Å². The number of carbonyl (C=O) groups excluding carboxylic acids is 1. The first kappa shape index (κ1) is 27.6. The Morgan fingerprint density at radius 3 is 2.46 bits per heavy atom. The third-order valence-corrected chi connectivity index (χ3v) is 5.65. The number of rotatable bonds is 12. The summed E-state index contributed by atoms with van der Waals surface area (Å²) in [6.07, 6.45) is 1.43. The molecule has 2 aromatic rings. The third kappa shape index (κ3) is 8.92. The zero-order valence-corrected chi connectivity index (χ0v) is 21.0. The van der Waals surface area contributed by atoms with Crippen molar-refractivity contribution in [3.8, 4) is 5.75 Å². The van der Waals surface area contributed by atoms with Gasteiger partial charge in [-0.3, -0.25) is 15.2 Å². The van der Waals surface area contributed by atoms with Crippen LogP contribution in [0.2, 0.25) is 0 Å². The van der Waals surface area contributed by atoms with E-state index >= 15 is 0 Å². The quantitative estimate of drug-likeness (QED) is 0.177. The predicted octanol–water partition coefficient (Wildman–Crippen LogP) is 3.79. The fraction of sp³-hybridized carbons (Fsp3) is 0.423. The van der Waals surface area contributed by atoms with Gasteiger partial charge in [0.2, 0.25) is 0 Å². The molecule has 0 aliphatic rings. The fourth-order valence-corrected chi connectivity index (χ4v) is 3.06. The van der Waals surface area contributed by atoms with E-state index in [1.807, 2.05) is 27.7 Å². The highest BCUT2D eigenvalue weighted by atomic mass is 19.1. The molecule has 2 rings (SSSR count). The van der Waals surface area contributed by atoms with E-state index in [9.17, 15) is 9.18 Å². The highest BCUT2D eigenvalue weighted by molar-refractivity contribution is 6.45. The van der Waals surface area contributed by atoms with Gasteiger partial charge >= 0.3 is 0 Å². The second-order valence-corrected chi connectivity index (χ2v) is 9.46. The van der Waals surface area contributed by atoms with Crippen LogP contribution in [0.15, 0.2) is 47.5 Å². The van der Waals surface area contributed by atoms with E-state index < -0.39 is 5.91 Å². The lowest BCUT2D eigenvalue weighted by Gasteiger charge is -2.28. The second kappa shape index (κ2) is 12.7. The average molecular weight is 485 g/mol. The van der Waals surface area contributed by atoms with Crippen molar-refractivity contribution in [2.45, 2.75) is 53.1 Å². The van der Waals surface area contributed by atoms with Gasteiger partial charge in [0.15, 0.2) is 5.96 Å². The summed E-state index contributed by atoms with van der Waals surface area (Å²) in [5, 5.41) is 14.9. The maximum absolute atomic E-state index is 13.3. The molecule has 9 heteroatoms. The van der Waals surface area contributed by atoms with Crippen LogP contribution in [-0.2, 0) is 11.3 Å². The van der Waals surface area contributed by atoms with Crippen LogP contribution in [0, 0.1) is 16.6 Å². The van der Waals surface area contributed by atoms with Gasteiger partial charge in [-0.15, -0.1) is 0 Å². The Morgan fingerprint density at radius 2 is 1.83 bits per heavy atom. The summed E-state index contributed by atoms with van der Waals surface area (Å²) in [6, 6.07) is 11.3. The monoisotopic (exact) mass is 484 g/mol. The van der Waals surface area contributed by atoms with Gasteiger partial charge in [0.1, 0.15) is 17.3 Å². The Balaban J connectivity index is 2.23. The smallest absolute Gasteiger partial charge is 0.270 e. The second-order valence-electron chi connectivity index (χ2n) is 9.46. The molecule has 1 atom stereocenters. The molecule has 0 aliphatic carbocycles.